The molecule has 0 bridgehead atoms. The molecule has 1 heterocycles. The molecule has 0 spiro atoms. The average molecular weight is 245 g/mol. The fourth-order valence-electron chi connectivity index (χ4n) is 1.94. The zero-order valence-electron chi connectivity index (χ0n) is 10.4. The smallest absolute Gasteiger partial charge is 0.303 e. The number of nitrogens with zero attached hydrogens (tertiary/aromatic N) is 1. The monoisotopic (exact) mass is 245 g/mol. The fraction of sp³-hybridized carbons (Fsp3) is 0.286. The lowest BCUT2D eigenvalue weighted by Gasteiger charge is -2.07. The van der Waals surface area contributed by atoms with Crippen LogP contribution in [0.15, 0.2) is 24.3 Å². The van der Waals surface area contributed by atoms with Gasteiger partial charge in [0.1, 0.15) is 5.75 Å². The molecule has 1 N–H and O–H groups in total. The standard InChI is InChI=1S/C14H15NO3/c1-9-7-10(3-6-14(16)17)15-13-8-11(18-2)4-5-12(9)13/h4-5,7-8H,3,6H2,1-2H3,(H,16,17). The number of aliphatic carboxylic acids is 1. The van der Waals surface area contributed by atoms with Crippen LogP contribution in [0.1, 0.15) is 17.7 Å². The Morgan fingerprint density at radius 1 is 1.39 bits per heavy atom. The maximum Gasteiger partial charge on any atom is 0.303 e. The number of ether oxygens (including phenoxy) is 1. The van der Waals surface area contributed by atoms with E-state index in [2.05, 4.69) is 4.98 Å². The van der Waals surface area contributed by atoms with Crippen LogP contribution >= 0.6 is 0 Å². The Morgan fingerprint density at radius 3 is 2.83 bits per heavy atom. The van der Waals surface area contributed by atoms with Crippen molar-refractivity contribution in [3.05, 3.63) is 35.5 Å². The van der Waals surface area contributed by atoms with Crippen molar-refractivity contribution < 1.29 is 14.6 Å². The highest BCUT2D eigenvalue weighted by atomic mass is 16.5. The van der Waals surface area contributed by atoms with Gasteiger partial charge in [0.2, 0.25) is 0 Å². The van der Waals surface area contributed by atoms with Gasteiger partial charge < -0.3 is 9.84 Å². The summed E-state index contributed by atoms with van der Waals surface area (Å²) >= 11 is 0. The first-order chi connectivity index (χ1) is 8.60. The number of hydrogen-bond acceptors (Lipinski definition) is 3. The van der Waals surface area contributed by atoms with Gasteiger partial charge in [0.05, 0.1) is 19.0 Å². The maximum absolute atomic E-state index is 10.6. The van der Waals surface area contributed by atoms with Gasteiger partial charge in [0, 0.05) is 23.6 Å². The number of aryl methyl sites for hydroxylation is 2. The summed E-state index contributed by atoms with van der Waals surface area (Å²) in [7, 11) is 1.61. The molecule has 0 aliphatic carbocycles. The predicted octanol–water partition coefficient (Wildman–Crippen LogP) is 2.57. The number of carboxylic acid groups (broad SMARTS) is 1. The Labute approximate surface area is 105 Å². The van der Waals surface area contributed by atoms with Crippen molar-refractivity contribution in [1.29, 1.82) is 0 Å². The predicted molar refractivity (Wildman–Crippen MR) is 69.0 cm³/mol. The van der Waals surface area contributed by atoms with Crippen LogP contribution < -0.4 is 4.74 Å². The molecule has 0 saturated heterocycles. The van der Waals surface area contributed by atoms with E-state index in [1.54, 1.807) is 7.11 Å². The van der Waals surface area contributed by atoms with E-state index in [9.17, 15) is 4.79 Å². The number of methoxy groups -OCH3 is 1. The summed E-state index contributed by atoms with van der Waals surface area (Å²) in [6.07, 6.45) is 0.547. The van der Waals surface area contributed by atoms with Crippen LogP contribution in [-0.2, 0) is 11.2 Å². The Hall–Kier alpha value is -2.10. The lowest BCUT2D eigenvalue weighted by Crippen LogP contribution is -2.00. The SMILES string of the molecule is COc1ccc2c(C)cc(CCC(=O)O)nc2c1. The van der Waals surface area contributed by atoms with Crippen LogP contribution in [0.3, 0.4) is 0 Å². The first-order valence-electron chi connectivity index (χ1n) is 5.76. The van der Waals surface area contributed by atoms with Crippen LogP contribution in [0.25, 0.3) is 10.9 Å². The summed E-state index contributed by atoms with van der Waals surface area (Å²) in [6, 6.07) is 7.68. The number of hydrogen-bond donors (Lipinski definition) is 1. The van der Waals surface area contributed by atoms with Gasteiger partial charge >= 0.3 is 5.97 Å². The molecule has 0 amide bonds. The fourth-order valence-corrected chi connectivity index (χ4v) is 1.94. The van der Waals surface area contributed by atoms with Crippen LogP contribution in [0.4, 0.5) is 0 Å². The molecule has 18 heavy (non-hydrogen) atoms. The van der Waals surface area contributed by atoms with Gasteiger partial charge in [-0.15, -0.1) is 0 Å². The molecule has 0 radical (unpaired) electrons. The number of benzene rings is 1. The molecule has 0 unspecified atom stereocenters. The summed E-state index contributed by atoms with van der Waals surface area (Å²) in [5.41, 5.74) is 2.74. The second kappa shape index (κ2) is 5.04. The van der Waals surface area contributed by atoms with E-state index in [0.29, 0.717) is 6.42 Å². The topological polar surface area (TPSA) is 59.4 Å². The molecule has 0 atom stereocenters. The Balaban J connectivity index is 2.42. The number of carboxylic acids is 1. The molecule has 4 nitrogen and oxygen atoms in total. The Bertz CT molecular complexity index is 593. The van der Waals surface area contributed by atoms with Crippen LogP contribution in [0.2, 0.25) is 0 Å². The molecule has 2 aromatic rings. The molecule has 0 aliphatic rings. The molecule has 1 aromatic carbocycles. The summed E-state index contributed by atoms with van der Waals surface area (Å²) in [5, 5.41) is 9.76. The summed E-state index contributed by atoms with van der Waals surface area (Å²) in [5.74, 6) is -0.0509. The largest absolute Gasteiger partial charge is 0.497 e. The zero-order chi connectivity index (χ0) is 13.1. The Kier molecular flexibility index (Phi) is 3.46. The quantitative estimate of drug-likeness (QED) is 0.899. The molecule has 0 saturated carbocycles. The van der Waals surface area contributed by atoms with Gasteiger partial charge in [-0.2, -0.15) is 0 Å². The molecular weight excluding hydrogens is 230 g/mol. The number of aromatic nitrogens is 1. The second-order valence-electron chi connectivity index (χ2n) is 4.21. The summed E-state index contributed by atoms with van der Waals surface area (Å²) in [6.45, 7) is 2.00. The zero-order valence-corrected chi connectivity index (χ0v) is 10.4. The van der Waals surface area contributed by atoms with Crippen LogP contribution in [0.5, 0.6) is 5.75 Å². The first-order valence-corrected chi connectivity index (χ1v) is 5.76. The van der Waals surface area contributed by atoms with Gasteiger partial charge in [0.15, 0.2) is 0 Å². The minimum absolute atomic E-state index is 0.0991. The van der Waals surface area contributed by atoms with Crippen molar-refractivity contribution in [2.45, 2.75) is 19.8 Å². The third kappa shape index (κ3) is 2.59. The van der Waals surface area contributed by atoms with Crippen LogP contribution in [-0.4, -0.2) is 23.2 Å². The lowest BCUT2D eigenvalue weighted by molar-refractivity contribution is -0.136. The van der Waals surface area contributed by atoms with Gasteiger partial charge in [-0.3, -0.25) is 9.78 Å². The average Bonchev–Trinajstić information content (AvgIpc) is 2.35. The molecule has 0 aliphatic heterocycles. The van der Waals surface area contributed by atoms with E-state index in [4.69, 9.17) is 9.84 Å². The van der Waals surface area contributed by atoms with Crippen molar-refractivity contribution in [2.75, 3.05) is 7.11 Å². The van der Waals surface area contributed by atoms with Crippen LogP contribution in [0, 0.1) is 6.92 Å². The van der Waals surface area contributed by atoms with Crippen molar-refractivity contribution in [3.8, 4) is 5.75 Å². The highest BCUT2D eigenvalue weighted by Gasteiger charge is 2.06. The Morgan fingerprint density at radius 2 is 2.17 bits per heavy atom. The molecule has 94 valence electrons. The van der Waals surface area contributed by atoms with Crippen molar-refractivity contribution >= 4 is 16.9 Å². The molecule has 0 fully saturated rings. The second-order valence-corrected chi connectivity index (χ2v) is 4.21. The van der Waals surface area contributed by atoms with E-state index >= 15 is 0 Å². The minimum Gasteiger partial charge on any atom is -0.497 e. The number of pyridine rings is 1. The lowest BCUT2D eigenvalue weighted by atomic mass is 10.1. The molecule has 1 aromatic heterocycles. The number of carbonyl (C=O) groups is 1. The number of fused-ring (bicyclic) bond motifs is 1. The number of rotatable bonds is 4. The van der Waals surface area contributed by atoms with Gasteiger partial charge in [-0.05, 0) is 30.7 Å². The normalized spacial score (nSPS) is 10.6. The molecule has 2 rings (SSSR count). The van der Waals surface area contributed by atoms with E-state index in [-0.39, 0.29) is 6.42 Å². The third-order valence-corrected chi connectivity index (χ3v) is 2.87. The van der Waals surface area contributed by atoms with Gasteiger partial charge in [0.25, 0.3) is 0 Å². The third-order valence-electron chi connectivity index (χ3n) is 2.87. The van der Waals surface area contributed by atoms with Crippen molar-refractivity contribution in [2.24, 2.45) is 0 Å². The minimum atomic E-state index is -0.805. The van der Waals surface area contributed by atoms with Gasteiger partial charge in [-0.1, -0.05) is 0 Å². The van der Waals surface area contributed by atoms with E-state index < -0.39 is 5.97 Å². The van der Waals surface area contributed by atoms with Gasteiger partial charge in [-0.25, -0.2) is 0 Å². The molecular formula is C14H15NO3. The van der Waals surface area contributed by atoms with E-state index in [1.807, 2.05) is 31.2 Å². The van der Waals surface area contributed by atoms with Crippen molar-refractivity contribution in [3.63, 3.8) is 0 Å². The highest BCUT2D eigenvalue weighted by molar-refractivity contribution is 5.83. The maximum atomic E-state index is 10.6. The summed E-state index contributed by atoms with van der Waals surface area (Å²) < 4.78 is 5.17. The molecule has 4 heteroatoms. The van der Waals surface area contributed by atoms with E-state index in [1.165, 1.54) is 0 Å². The first kappa shape index (κ1) is 12.4. The van der Waals surface area contributed by atoms with Crippen molar-refractivity contribution in [1.82, 2.24) is 4.98 Å². The van der Waals surface area contributed by atoms with E-state index in [0.717, 1.165) is 27.9 Å². The summed E-state index contributed by atoms with van der Waals surface area (Å²) in [4.78, 5) is 15.0. The highest BCUT2D eigenvalue weighted by Crippen LogP contribution is 2.23.